The van der Waals surface area contributed by atoms with Gasteiger partial charge in [-0.25, -0.2) is 4.79 Å². The molecule has 0 unspecified atom stereocenters. The maximum Gasteiger partial charge on any atom is 0.341 e. The fourth-order valence-electron chi connectivity index (χ4n) is 0.568. The average molecular weight is 143 g/mol. The number of hydrogen-bond donors (Lipinski definition) is 4. The zero-order chi connectivity index (χ0) is 7.72. The number of hydrogen-bond acceptors (Lipinski definition) is 3. The Labute approximate surface area is 55.5 Å². The first-order chi connectivity index (χ1) is 4.63. The first-order valence-electron chi connectivity index (χ1n) is 2.45. The molecule has 0 aliphatic carbocycles. The van der Waals surface area contributed by atoms with E-state index in [0.29, 0.717) is 0 Å². The van der Waals surface area contributed by atoms with Gasteiger partial charge in [0.25, 0.3) is 0 Å². The first kappa shape index (κ1) is 6.47. The van der Waals surface area contributed by atoms with Gasteiger partial charge in [-0.1, -0.05) is 0 Å². The molecule has 0 fully saturated rings. The lowest BCUT2D eigenvalue weighted by molar-refractivity contribution is 0.0694. The SMILES string of the molecule is O=C(O)c1c[nH]c(O)c1O. The number of nitrogens with one attached hydrogen (secondary N) is 1. The topological polar surface area (TPSA) is 93.5 Å². The van der Waals surface area contributed by atoms with Crippen LogP contribution in [0.2, 0.25) is 0 Å². The van der Waals surface area contributed by atoms with Crippen LogP contribution in [0.15, 0.2) is 6.20 Å². The summed E-state index contributed by atoms with van der Waals surface area (Å²) in [6.07, 6.45) is 1.01. The summed E-state index contributed by atoms with van der Waals surface area (Å²) in [7, 11) is 0. The van der Waals surface area contributed by atoms with Crippen LogP contribution in [0.3, 0.4) is 0 Å². The number of carboxylic acid groups (broad SMARTS) is 1. The van der Waals surface area contributed by atoms with Gasteiger partial charge < -0.3 is 20.3 Å². The third-order valence-corrected chi connectivity index (χ3v) is 1.06. The van der Waals surface area contributed by atoms with Crippen molar-refractivity contribution in [1.82, 2.24) is 4.98 Å². The van der Waals surface area contributed by atoms with Gasteiger partial charge in [0, 0.05) is 6.20 Å². The molecule has 0 aliphatic rings. The Morgan fingerprint density at radius 2 is 2.10 bits per heavy atom. The summed E-state index contributed by atoms with van der Waals surface area (Å²) < 4.78 is 0. The van der Waals surface area contributed by atoms with Crippen molar-refractivity contribution in [2.75, 3.05) is 0 Å². The molecule has 4 N–H and O–H groups in total. The van der Waals surface area contributed by atoms with E-state index in [2.05, 4.69) is 4.98 Å². The van der Waals surface area contributed by atoms with Gasteiger partial charge in [0.1, 0.15) is 5.56 Å². The van der Waals surface area contributed by atoms with Gasteiger partial charge in [-0.05, 0) is 0 Å². The van der Waals surface area contributed by atoms with E-state index in [-0.39, 0.29) is 5.56 Å². The molecule has 0 bridgehead atoms. The minimum absolute atomic E-state index is 0.336. The van der Waals surface area contributed by atoms with Gasteiger partial charge in [-0.15, -0.1) is 0 Å². The maximum absolute atomic E-state index is 10.1. The zero-order valence-electron chi connectivity index (χ0n) is 4.83. The Kier molecular flexibility index (Phi) is 1.26. The van der Waals surface area contributed by atoms with Crippen LogP contribution in [0.25, 0.3) is 0 Å². The van der Waals surface area contributed by atoms with Crippen molar-refractivity contribution < 1.29 is 20.1 Å². The number of aromatic amines is 1. The van der Waals surface area contributed by atoms with Crippen LogP contribution in [0.5, 0.6) is 11.6 Å². The summed E-state index contributed by atoms with van der Waals surface area (Å²) in [6.45, 7) is 0. The molecule has 0 radical (unpaired) electrons. The molecule has 0 aromatic carbocycles. The highest BCUT2D eigenvalue weighted by atomic mass is 16.4. The fraction of sp³-hybridized carbons (Fsp3) is 0. The van der Waals surface area contributed by atoms with Crippen LogP contribution in [0.4, 0.5) is 0 Å². The van der Waals surface area contributed by atoms with Gasteiger partial charge >= 0.3 is 5.97 Å². The number of carboxylic acids is 1. The van der Waals surface area contributed by atoms with Crippen LogP contribution in [-0.2, 0) is 0 Å². The largest absolute Gasteiger partial charge is 0.503 e. The number of aromatic nitrogens is 1. The second-order valence-electron chi connectivity index (χ2n) is 1.70. The Balaban J connectivity index is 3.17. The average Bonchev–Trinajstić information content (AvgIpc) is 2.14. The molecule has 0 atom stereocenters. The van der Waals surface area contributed by atoms with Crippen molar-refractivity contribution in [3.05, 3.63) is 11.8 Å². The molecule has 54 valence electrons. The summed E-state index contributed by atoms with van der Waals surface area (Å²) in [5.74, 6) is -2.45. The van der Waals surface area contributed by atoms with E-state index in [0.717, 1.165) is 6.20 Å². The molecular weight excluding hydrogens is 138 g/mol. The van der Waals surface area contributed by atoms with Crippen molar-refractivity contribution in [2.24, 2.45) is 0 Å². The number of H-pyrrole nitrogens is 1. The molecule has 5 nitrogen and oxygen atoms in total. The molecule has 1 rings (SSSR count). The van der Waals surface area contributed by atoms with Crippen LogP contribution in [0, 0.1) is 0 Å². The minimum atomic E-state index is -1.28. The van der Waals surface area contributed by atoms with Gasteiger partial charge in [0.2, 0.25) is 5.88 Å². The normalized spacial score (nSPS) is 9.60. The van der Waals surface area contributed by atoms with Crippen molar-refractivity contribution in [3.8, 4) is 11.6 Å². The fourth-order valence-corrected chi connectivity index (χ4v) is 0.568. The number of aromatic carboxylic acids is 1. The Morgan fingerprint density at radius 1 is 1.50 bits per heavy atom. The molecule has 10 heavy (non-hydrogen) atoms. The van der Waals surface area contributed by atoms with Gasteiger partial charge in [0.05, 0.1) is 0 Å². The lowest BCUT2D eigenvalue weighted by atomic mass is 10.3. The van der Waals surface area contributed by atoms with Crippen LogP contribution in [-0.4, -0.2) is 26.3 Å². The third-order valence-electron chi connectivity index (χ3n) is 1.06. The van der Waals surface area contributed by atoms with Crippen molar-refractivity contribution in [1.29, 1.82) is 0 Å². The lowest BCUT2D eigenvalue weighted by Gasteiger charge is -1.87. The van der Waals surface area contributed by atoms with Crippen LogP contribution >= 0.6 is 0 Å². The summed E-state index contributed by atoms with van der Waals surface area (Å²) in [6, 6.07) is 0. The monoisotopic (exact) mass is 143 g/mol. The third kappa shape index (κ3) is 0.771. The van der Waals surface area contributed by atoms with Crippen LogP contribution in [0.1, 0.15) is 10.4 Å². The Bertz CT molecular complexity index is 265. The molecule has 0 saturated carbocycles. The minimum Gasteiger partial charge on any atom is -0.503 e. The van der Waals surface area contributed by atoms with E-state index in [9.17, 15) is 4.79 Å². The van der Waals surface area contributed by atoms with E-state index in [4.69, 9.17) is 15.3 Å². The van der Waals surface area contributed by atoms with E-state index < -0.39 is 17.6 Å². The molecule has 0 saturated heterocycles. The van der Waals surface area contributed by atoms with Gasteiger partial charge in [-0.2, -0.15) is 0 Å². The Morgan fingerprint density at radius 3 is 2.30 bits per heavy atom. The maximum atomic E-state index is 10.1. The van der Waals surface area contributed by atoms with E-state index in [1.165, 1.54) is 0 Å². The molecule has 0 spiro atoms. The van der Waals surface area contributed by atoms with Crippen molar-refractivity contribution >= 4 is 5.97 Å². The highest BCUT2D eigenvalue weighted by Gasteiger charge is 2.14. The predicted molar refractivity (Wildman–Crippen MR) is 31.1 cm³/mol. The summed E-state index contributed by atoms with van der Waals surface area (Å²) in [4.78, 5) is 12.3. The molecule has 1 aromatic heterocycles. The summed E-state index contributed by atoms with van der Waals surface area (Å²) in [5, 5.41) is 25.7. The molecule has 1 aromatic rings. The van der Waals surface area contributed by atoms with E-state index >= 15 is 0 Å². The number of carbonyl (C=O) groups is 1. The second-order valence-corrected chi connectivity index (χ2v) is 1.70. The summed E-state index contributed by atoms with van der Waals surface area (Å²) in [5.41, 5.74) is -0.336. The quantitative estimate of drug-likeness (QED) is 0.449. The number of aromatic hydroxyl groups is 2. The molecule has 0 aliphatic heterocycles. The first-order valence-corrected chi connectivity index (χ1v) is 2.45. The van der Waals surface area contributed by atoms with E-state index in [1.54, 1.807) is 0 Å². The lowest BCUT2D eigenvalue weighted by Crippen LogP contribution is -1.92. The van der Waals surface area contributed by atoms with Crippen molar-refractivity contribution in [2.45, 2.75) is 0 Å². The van der Waals surface area contributed by atoms with Gasteiger partial charge in [-0.3, -0.25) is 0 Å². The van der Waals surface area contributed by atoms with Crippen LogP contribution < -0.4 is 0 Å². The molecular formula is C5H5NO4. The molecule has 5 heteroatoms. The second kappa shape index (κ2) is 1.94. The molecule has 0 amide bonds. The smallest absolute Gasteiger partial charge is 0.341 e. The highest BCUT2D eigenvalue weighted by Crippen LogP contribution is 2.26. The highest BCUT2D eigenvalue weighted by molar-refractivity contribution is 5.91. The van der Waals surface area contributed by atoms with Crippen molar-refractivity contribution in [3.63, 3.8) is 0 Å². The van der Waals surface area contributed by atoms with E-state index in [1.807, 2.05) is 0 Å². The Hall–Kier alpha value is -1.65. The van der Waals surface area contributed by atoms with Gasteiger partial charge in [0.15, 0.2) is 5.75 Å². The molecule has 1 heterocycles. The zero-order valence-corrected chi connectivity index (χ0v) is 4.83. The number of rotatable bonds is 1. The predicted octanol–water partition coefficient (Wildman–Crippen LogP) is 0.124. The standard InChI is InChI=1S/C5H5NO4/c7-3-2(5(9)10)1-6-4(3)8/h1,6-8H,(H,9,10). The summed E-state index contributed by atoms with van der Waals surface area (Å²) >= 11 is 0.